The predicted octanol–water partition coefficient (Wildman–Crippen LogP) is 3.22. The van der Waals surface area contributed by atoms with Gasteiger partial charge in [0.1, 0.15) is 17.3 Å². The van der Waals surface area contributed by atoms with Gasteiger partial charge in [0.2, 0.25) is 0 Å². The first-order valence-corrected chi connectivity index (χ1v) is 10.3. The second kappa shape index (κ2) is 8.23. The number of aromatic amines is 1. The number of carbonyl (C=O) groups excluding carboxylic acids is 1. The van der Waals surface area contributed by atoms with Crippen LogP contribution in [0.1, 0.15) is 53.4 Å². The van der Waals surface area contributed by atoms with Crippen LogP contribution < -0.4 is 4.90 Å². The van der Waals surface area contributed by atoms with Crippen molar-refractivity contribution in [2.24, 2.45) is 5.92 Å². The van der Waals surface area contributed by atoms with E-state index in [0.29, 0.717) is 19.0 Å². The van der Waals surface area contributed by atoms with Crippen LogP contribution in [0, 0.1) is 12.8 Å². The van der Waals surface area contributed by atoms with Crippen molar-refractivity contribution in [2.45, 2.75) is 45.2 Å². The van der Waals surface area contributed by atoms with E-state index in [1.165, 1.54) is 12.8 Å². The van der Waals surface area contributed by atoms with Crippen LogP contribution in [-0.2, 0) is 12.6 Å². The summed E-state index contributed by atoms with van der Waals surface area (Å²) >= 11 is 0. The minimum atomic E-state index is -4.54. The molecule has 0 aromatic carbocycles. The highest BCUT2D eigenvalue weighted by Crippen LogP contribution is 2.29. The Kier molecular flexibility index (Phi) is 5.66. The largest absolute Gasteiger partial charge is 0.432 e. The third kappa shape index (κ3) is 4.57. The Bertz CT molecular complexity index is 898. The van der Waals surface area contributed by atoms with Crippen LogP contribution >= 0.6 is 0 Å². The Labute approximate surface area is 172 Å². The molecule has 2 aromatic rings. The van der Waals surface area contributed by atoms with Crippen LogP contribution in [0.15, 0.2) is 12.1 Å². The first kappa shape index (κ1) is 20.6. The SMILES string of the molecule is Cc1nc(CC2CCN(C(=O)c3cc(C(F)(F)F)[nH]n3)CC2)cc(N2CCCC2)n1. The zero-order chi connectivity index (χ0) is 21.3. The van der Waals surface area contributed by atoms with E-state index in [2.05, 4.69) is 26.0 Å². The van der Waals surface area contributed by atoms with E-state index < -0.39 is 17.8 Å². The number of anilines is 1. The molecule has 7 nitrogen and oxygen atoms in total. The summed E-state index contributed by atoms with van der Waals surface area (Å²) in [6.07, 6.45) is 0.209. The highest BCUT2D eigenvalue weighted by molar-refractivity contribution is 5.92. The van der Waals surface area contributed by atoms with Gasteiger partial charge in [-0.05, 0) is 44.9 Å². The van der Waals surface area contributed by atoms with Crippen LogP contribution in [0.5, 0.6) is 0 Å². The van der Waals surface area contributed by atoms with Gasteiger partial charge in [-0.2, -0.15) is 18.3 Å². The van der Waals surface area contributed by atoms with Crippen molar-refractivity contribution in [1.82, 2.24) is 25.1 Å². The molecule has 30 heavy (non-hydrogen) atoms. The Morgan fingerprint density at radius 3 is 2.47 bits per heavy atom. The lowest BCUT2D eigenvalue weighted by Gasteiger charge is -2.31. The summed E-state index contributed by atoms with van der Waals surface area (Å²) in [5, 5.41) is 5.44. The molecule has 10 heteroatoms. The molecule has 162 valence electrons. The van der Waals surface area contributed by atoms with Crippen molar-refractivity contribution in [3.63, 3.8) is 0 Å². The number of likely N-dealkylation sites (tertiary alicyclic amines) is 1. The first-order chi connectivity index (χ1) is 14.3. The summed E-state index contributed by atoms with van der Waals surface area (Å²) in [6.45, 7) is 4.96. The van der Waals surface area contributed by atoms with Crippen LogP contribution in [0.25, 0.3) is 0 Å². The van der Waals surface area contributed by atoms with Gasteiger partial charge in [-0.1, -0.05) is 0 Å². The van der Waals surface area contributed by atoms with Crippen LogP contribution in [0.4, 0.5) is 19.0 Å². The third-order valence-electron chi connectivity index (χ3n) is 5.81. The maximum atomic E-state index is 12.7. The van der Waals surface area contributed by atoms with E-state index in [1.54, 1.807) is 4.90 Å². The molecule has 4 heterocycles. The number of aromatic nitrogens is 4. The second-order valence-corrected chi connectivity index (χ2v) is 8.06. The third-order valence-corrected chi connectivity index (χ3v) is 5.81. The van der Waals surface area contributed by atoms with Gasteiger partial charge >= 0.3 is 6.18 Å². The van der Waals surface area contributed by atoms with Crippen LogP contribution in [0.3, 0.4) is 0 Å². The van der Waals surface area contributed by atoms with Crippen molar-refractivity contribution in [2.75, 3.05) is 31.1 Å². The molecule has 0 unspecified atom stereocenters. The van der Waals surface area contributed by atoms with E-state index in [1.807, 2.05) is 12.0 Å². The normalized spacial score (nSPS) is 18.3. The van der Waals surface area contributed by atoms with Crippen LogP contribution in [0.2, 0.25) is 0 Å². The molecule has 2 saturated heterocycles. The number of hydrogen-bond acceptors (Lipinski definition) is 5. The minimum absolute atomic E-state index is 0.192. The highest BCUT2D eigenvalue weighted by atomic mass is 19.4. The molecule has 0 aliphatic carbocycles. The van der Waals surface area contributed by atoms with E-state index >= 15 is 0 Å². The number of H-pyrrole nitrogens is 1. The summed E-state index contributed by atoms with van der Waals surface area (Å²) < 4.78 is 38.1. The van der Waals surface area contributed by atoms with Crippen molar-refractivity contribution in [3.8, 4) is 0 Å². The van der Waals surface area contributed by atoms with Gasteiger partial charge in [0.25, 0.3) is 5.91 Å². The molecule has 4 rings (SSSR count). The van der Waals surface area contributed by atoms with Gasteiger partial charge in [-0.3, -0.25) is 9.89 Å². The van der Waals surface area contributed by atoms with Gasteiger partial charge in [0.05, 0.1) is 0 Å². The van der Waals surface area contributed by atoms with E-state index in [-0.39, 0.29) is 5.69 Å². The quantitative estimate of drug-likeness (QED) is 0.819. The molecule has 0 bridgehead atoms. The number of alkyl halides is 3. The maximum Gasteiger partial charge on any atom is 0.432 e. The molecular weight excluding hydrogens is 397 g/mol. The lowest BCUT2D eigenvalue weighted by Crippen LogP contribution is -2.39. The fourth-order valence-corrected chi connectivity index (χ4v) is 4.20. The Balaban J connectivity index is 1.35. The van der Waals surface area contributed by atoms with Gasteiger partial charge in [-0.25, -0.2) is 9.97 Å². The topological polar surface area (TPSA) is 78.0 Å². The number of nitrogens with one attached hydrogen (secondary N) is 1. The Hall–Kier alpha value is -2.65. The molecule has 0 atom stereocenters. The molecular formula is C20H25F3N6O. The lowest BCUT2D eigenvalue weighted by atomic mass is 9.92. The van der Waals surface area contributed by atoms with E-state index in [9.17, 15) is 18.0 Å². The highest BCUT2D eigenvalue weighted by Gasteiger charge is 2.35. The summed E-state index contributed by atoms with van der Waals surface area (Å²) in [7, 11) is 0. The lowest BCUT2D eigenvalue weighted by molar-refractivity contribution is -0.141. The molecule has 1 amide bonds. The summed E-state index contributed by atoms with van der Waals surface area (Å²) in [5.74, 6) is 1.66. The van der Waals surface area contributed by atoms with Gasteiger partial charge in [-0.15, -0.1) is 0 Å². The minimum Gasteiger partial charge on any atom is -0.357 e. The molecule has 0 saturated carbocycles. The van der Waals surface area contributed by atoms with Crippen molar-refractivity contribution < 1.29 is 18.0 Å². The molecule has 2 aromatic heterocycles. The smallest absolute Gasteiger partial charge is 0.357 e. The number of nitrogens with zero attached hydrogens (tertiary/aromatic N) is 5. The zero-order valence-electron chi connectivity index (χ0n) is 16.9. The van der Waals surface area contributed by atoms with Gasteiger partial charge in [0.15, 0.2) is 5.69 Å². The molecule has 1 N–H and O–H groups in total. The van der Waals surface area contributed by atoms with Gasteiger partial charge < -0.3 is 9.80 Å². The number of halogens is 3. The summed E-state index contributed by atoms with van der Waals surface area (Å²) in [6, 6.07) is 2.84. The number of carbonyl (C=O) groups is 1. The summed E-state index contributed by atoms with van der Waals surface area (Å²) in [4.78, 5) is 25.5. The molecule has 2 aliphatic heterocycles. The molecule has 2 fully saturated rings. The van der Waals surface area contributed by atoms with E-state index in [4.69, 9.17) is 0 Å². The average Bonchev–Trinajstić information content (AvgIpc) is 3.39. The second-order valence-electron chi connectivity index (χ2n) is 8.06. The fourth-order valence-electron chi connectivity index (χ4n) is 4.20. The number of piperidine rings is 1. The average molecular weight is 422 g/mol. The molecule has 0 radical (unpaired) electrons. The van der Waals surface area contributed by atoms with Crippen molar-refractivity contribution >= 4 is 11.7 Å². The Morgan fingerprint density at radius 1 is 1.13 bits per heavy atom. The number of aryl methyl sites for hydroxylation is 1. The van der Waals surface area contributed by atoms with Crippen molar-refractivity contribution in [3.05, 3.63) is 35.0 Å². The predicted molar refractivity (Wildman–Crippen MR) is 104 cm³/mol. The Morgan fingerprint density at radius 2 is 1.83 bits per heavy atom. The monoisotopic (exact) mass is 422 g/mol. The van der Waals surface area contributed by atoms with E-state index in [0.717, 1.165) is 55.8 Å². The first-order valence-electron chi connectivity index (χ1n) is 10.3. The molecule has 0 spiro atoms. The molecule has 2 aliphatic rings. The maximum absolute atomic E-state index is 12.7. The van der Waals surface area contributed by atoms with Crippen molar-refractivity contribution in [1.29, 1.82) is 0 Å². The zero-order valence-corrected chi connectivity index (χ0v) is 16.9. The van der Waals surface area contributed by atoms with Crippen LogP contribution in [-0.4, -0.2) is 57.2 Å². The van der Waals surface area contributed by atoms with Gasteiger partial charge in [0, 0.05) is 44.0 Å². The summed E-state index contributed by atoms with van der Waals surface area (Å²) in [5.41, 5.74) is -0.188. The standard InChI is InChI=1S/C20H25F3N6O/c1-13-24-15(11-18(25-13)28-6-2-3-7-28)10-14-4-8-29(9-5-14)19(30)16-12-17(27-26-16)20(21,22)23/h11-12,14H,2-10H2,1H3,(H,26,27). The number of hydrogen-bond donors (Lipinski definition) is 1. The number of rotatable bonds is 4. The number of amides is 1. The fraction of sp³-hybridized carbons (Fsp3) is 0.600.